The molecule has 90 valence electrons. The van der Waals surface area contributed by atoms with E-state index in [1.54, 1.807) is 0 Å². The first-order valence-electron chi connectivity index (χ1n) is 5.59. The van der Waals surface area contributed by atoms with Crippen LogP contribution in [0.3, 0.4) is 0 Å². The van der Waals surface area contributed by atoms with E-state index in [-0.39, 0.29) is 0 Å². The zero-order chi connectivity index (χ0) is 11.8. The van der Waals surface area contributed by atoms with Crippen LogP contribution in [0, 0.1) is 0 Å². The van der Waals surface area contributed by atoms with Crippen LogP contribution in [0.15, 0.2) is 24.5 Å². The third-order valence-corrected chi connectivity index (χ3v) is 2.12. The van der Waals surface area contributed by atoms with Crippen LogP contribution in [-0.2, 0) is 18.2 Å². The molecular formula is C12H21N3O. The van der Waals surface area contributed by atoms with Gasteiger partial charge in [0, 0.05) is 19.8 Å². The van der Waals surface area contributed by atoms with Crippen molar-refractivity contribution < 1.29 is 4.74 Å². The van der Waals surface area contributed by atoms with Gasteiger partial charge in [0.25, 0.3) is 0 Å². The topological polar surface area (TPSA) is 39.1 Å². The van der Waals surface area contributed by atoms with Crippen LogP contribution in [-0.4, -0.2) is 36.1 Å². The van der Waals surface area contributed by atoms with Gasteiger partial charge in [0.2, 0.25) is 0 Å². The minimum Gasteiger partial charge on any atom is -0.376 e. The fourth-order valence-electron chi connectivity index (χ4n) is 1.35. The molecule has 0 radical (unpaired) electrons. The molecule has 1 heterocycles. The Labute approximate surface area is 97.3 Å². The standard InChI is InChI=1S/C12H21N3O/c1-11(2)10-16-7-6-13-5-4-12-8-14-15(3)9-12/h8-9,13H,1,4-7,10H2,2-3H3. The summed E-state index contributed by atoms with van der Waals surface area (Å²) in [7, 11) is 1.93. The summed E-state index contributed by atoms with van der Waals surface area (Å²) < 4.78 is 7.20. The molecule has 0 unspecified atom stereocenters. The number of ether oxygens (including phenoxy) is 1. The fraction of sp³-hybridized carbons (Fsp3) is 0.583. The molecule has 0 bridgehead atoms. The lowest BCUT2D eigenvalue weighted by molar-refractivity contribution is 0.158. The van der Waals surface area contributed by atoms with Crippen molar-refractivity contribution in [2.45, 2.75) is 13.3 Å². The summed E-state index contributed by atoms with van der Waals surface area (Å²) in [5, 5.41) is 7.44. The lowest BCUT2D eigenvalue weighted by Gasteiger charge is -2.05. The van der Waals surface area contributed by atoms with E-state index in [1.807, 2.05) is 31.0 Å². The Bertz CT molecular complexity index is 320. The van der Waals surface area contributed by atoms with Gasteiger partial charge in [-0.25, -0.2) is 0 Å². The molecule has 1 N–H and O–H groups in total. The summed E-state index contributed by atoms with van der Waals surface area (Å²) in [6.07, 6.45) is 4.95. The first-order valence-corrected chi connectivity index (χ1v) is 5.59. The third-order valence-electron chi connectivity index (χ3n) is 2.12. The lowest BCUT2D eigenvalue weighted by Crippen LogP contribution is -2.22. The van der Waals surface area contributed by atoms with Crippen molar-refractivity contribution in [3.05, 3.63) is 30.1 Å². The van der Waals surface area contributed by atoms with E-state index in [2.05, 4.69) is 17.0 Å². The Kier molecular flexibility index (Phi) is 5.82. The fourth-order valence-corrected chi connectivity index (χ4v) is 1.35. The molecule has 4 nitrogen and oxygen atoms in total. The normalized spacial score (nSPS) is 10.6. The Morgan fingerprint density at radius 1 is 1.56 bits per heavy atom. The van der Waals surface area contributed by atoms with Crippen molar-refractivity contribution in [3.8, 4) is 0 Å². The second kappa shape index (κ2) is 7.19. The molecule has 0 aromatic carbocycles. The molecule has 1 aromatic rings. The second-order valence-electron chi connectivity index (χ2n) is 4.03. The molecule has 0 atom stereocenters. The van der Waals surface area contributed by atoms with Gasteiger partial charge in [-0.2, -0.15) is 5.10 Å². The van der Waals surface area contributed by atoms with Gasteiger partial charge < -0.3 is 10.1 Å². The number of hydrogen-bond acceptors (Lipinski definition) is 3. The van der Waals surface area contributed by atoms with Crippen LogP contribution in [0.2, 0.25) is 0 Å². The minimum atomic E-state index is 0.657. The van der Waals surface area contributed by atoms with Crippen LogP contribution >= 0.6 is 0 Å². The highest BCUT2D eigenvalue weighted by Crippen LogP contribution is 1.95. The monoisotopic (exact) mass is 223 g/mol. The van der Waals surface area contributed by atoms with Crippen LogP contribution in [0.5, 0.6) is 0 Å². The molecule has 1 aromatic heterocycles. The van der Waals surface area contributed by atoms with Gasteiger partial charge in [-0.1, -0.05) is 12.2 Å². The van der Waals surface area contributed by atoms with Gasteiger partial charge >= 0.3 is 0 Å². The number of aromatic nitrogens is 2. The van der Waals surface area contributed by atoms with Crippen molar-refractivity contribution in [2.24, 2.45) is 7.05 Å². The second-order valence-corrected chi connectivity index (χ2v) is 4.03. The Hall–Kier alpha value is -1.13. The maximum Gasteiger partial charge on any atom is 0.0672 e. The smallest absolute Gasteiger partial charge is 0.0672 e. The zero-order valence-electron chi connectivity index (χ0n) is 10.2. The molecule has 0 aliphatic carbocycles. The van der Waals surface area contributed by atoms with E-state index < -0.39 is 0 Å². The third kappa shape index (κ3) is 5.68. The molecule has 0 saturated heterocycles. The molecular weight excluding hydrogens is 202 g/mol. The molecule has 16 heavy (non-hydrogen) atoms. The predicted octanol–water partition coefficient (Wildman–Crippen LogP) is 1.14. The SMILES string of the molecule is C=C(C)COCCNCCc1cnn(C)c1. The molecule has 0 amide bonds. The van der Waals surface area contributed by atoms with Crippen LogP contribution in [0.1, 0.15) is 12.5 Å². The summed E-state index contributed by atoms with van der Waals surface area (Å²) in [4.78, 5) is 0. The van der Waals surface area contributed by atoms with Crippen LogP contribution in [0.4, 0.5) is 0 Å². The molecule has 0 spiro atoms. The van der Waals surface area contributed by atoms with E-state index in [0.717, 1.165) is 31.7 Å². The summed E-state index contributed by atoms with van der Waals surface area (Å²) >= 11 is 0. The van der Waals surface area contributed by atoms with Crippen molar-refractivity contribution in [2.75, 3.05) is 26.3 Å². The largest absolute Gasteiger partial charge is 0.376 e. The van der Waals surface area contributed by atoms with Gasteiger partial charge in [-0.15, -0.1) is 0 Å². The summed E-state index contributed by atoms with van der Waals surface area (Å²) in [5.41, 5.74) is 2.33. The number of nitrogens with zero attached hydrogens (tertiary/aromatic N) is 2. The highest BCUT2D eigenvalue weighted by molar-refractivity contribution is 5.03. The molecule has 1 rings (SSSR count). The molecule has 0 aliphatic heterocycles. The van der Waals surface area contributed by atoms with E-state index in [4.69, 9.17) is 4.74 Å². The molecule has 0 aliphatic rings. The van der Waals surface area contributed by atoms with Crippen molar-refractivity contribution in [1.82, 2.24) is 15.1 Å². The summed E-state index contributed by atoms with van der Waals surface area (Å²) in [6, 6.07) is 0. The van der Waals surface area contributed by atoms with Gasteiger partial charge in [-0.05, 0) is 25.5 Å². The van der Waals surface area contributed by atoms with E-state index in [9.17, 15) is 0 Å². The number of hydrogen-bond donors (Lipinski definition) is 1. The quantitative estimate of drug-likeness (QED) is 0.531. The maximum atomic E-state index is 5.37. The van der Waals surface area contributed by atoms with E-state index in [1.165, 1.54) is 5.56 Å². The van der Waals surface area contributed by atoms with Crippen LogP contribution < -0.4 is 5.32 Å². The van der Waals surface area contributed by atoms with E-state index in [0.29, 0.717) is 6.61 Å². The van der Waals surface area contributed by atoms with Crippen molar-refractivity contribution >= 4 is 0 Å². The van der Waals surface area contributed by atoms with Gasteiger partial charge in [0.05, 0.1) is 19.4 Å². The molecule has 0 fully saturated rings. The minimum absolute atomic E-state index is 0.657. The Morgan fingerprint density at radius 2 is 2.38 bits per heavy atom. The van der Waals surface area contributed by atoms with E-state index >= 15 is 0 Å². The Morgan fingerprint density at radius 3 is 3.00 bits per heavy atom. The lowest BCUT2D eigenvalue weighted by atomic mass is 10.2. The van der Waals surface area contributed by atoms with Gasteiger partial charge in [-0.3, -0.25) is 4.68 Å². The average molecular weight is 223 g/mol. The van der Waals surface area contributed by atoms with Crippen molar-refractivity contribution in [3.63, 3.8) is 0 Å². The number of rotatable bonds is 8. The number of nitrogens with one attached hydrogen (secondary N) is 1. The first-order chi connectivity index (χ1) is 7.68. The first kappa shape index (κ1) is 12.9. The summed E-state index contributed by atoms with van der Waals surface area (Å²) in [5.74, 6) is 0. The predicted molar refractivity (Wildman–Crippen MR) is 65.4 cm³/mol. The van der Waals surface area contributed by atoms with Crippen LogP contribution in [0.25, 0.3) is 0 Å². The van der Waals surface area contributed by atoms with Gasteiger partial charge in [0.1, 0.15) is 0 Å². The number of aryl methyl sites for hydroxylation is 1. The molecule has 0 saturated carbocycles. The Balaban J connectivity index is 1.94. The maximum absolute atomic E-state index is 5.37. The highest BCUT2D eigenvalue weighted by atomic mass is 16.5. The average Bonchev–Trinajstić information content (AvgIpc) is 2.62. The highest BCUT2D eigenvalue weighted by Gasteiger charge is 1.95. The zero-order valence-corrected chi connectivity index (χ0v) is 10.2. The molecule has 4 heteroatoms. The van der Waals surface area contributed by atoms with Gasteiger partial charge in [0.15, 0.2) is 0 Å². The summed E-state index contributed by atoms with van der Waals surface area (Å²) in [6.45, 7) is 8.98. The van der Waals surface area contributed by atoms with Crippen molar-refractivity contribution in [1.29, 1.82) is 0 Å².